The number of likely N-dealkylation sites (tertiary alicyclic amines) is 1. The molecule has 2 aromatic heterocycles. The molecule has 1 saturated heterocycles. The minimum atomic E-state index is -0.858. The number of benzene rings is 1. The third-order valence-corrected chi connectivity index (χ3v) is 5.44. The molecule has 0 bridgehead atoms. The normalized spacial score (nSPS) is 17.6. The predicted molar refractivity (Wildman–Crippen MR) is 119 cm³/mol. The number of hydrogen-bond acceptors (Lipinski definition) is 6. The summed E-state index contributed by atoms with van der Waals surface area (Å²) in [6.45, 7) is 3.85. The monoisotopic (exact) mass is 429 g/mol. The summed E-state index contributed by atoms with van der Waals surface area (Å²) in [6, 6.07) is 13.4. The van der Waals surface area contributed by atoms with Gasteiger partial charge in [0.05, 0.1) is 36.2 Å². The second kappa shape index (κ2) is 8.63. The van der Waals surface area contributed by atoms with Crippen molar-refractivity contribution in [2.45, 2.75) is 26.4 Å². The first-order chi connectivity index (χ1) is 15.4. The average molecular weight is 429 g/mol. The molecule has 3 heterocycles. The van der Waals surface area contributed by atoms with Crippen LogP contribution < -0.4 is 4.74 Å². The Morgan fingerprint density at radius 1 is 1.06 bits per heavy atom. The van der Waals surface area contributed by atoms with E-state index in [0.29, 0.717) is 22.7 Å². The maximum absolute atomic E-state index is 13.2. The molecular formula is C25H23N3O4. The second-order valence-corrected chi connectivity index (χ2v) is 7.67. The number of hydrogen-bond donors (Lipinski definition) is 1. The number of Topliss-reactive ketones (excluding diaryl/α,β-unsaturated/α-hetero) is 1. The van der Waals surface area contributed by atoms with Crippen LogP contribution in [0.5, 0.6) is 5.75 Å². The minimum Gasteiger partial charge on any atom is -0.507 e. The van der Waals surface area contributed by atoms with E-state index in [1.807, 2.05) is 26.0 Å². The van der Waals surface area contributed by atoms with Gasteiger partial charge in [0.2, 0.25) is 0 Å². The molecule has 0 spiro atoms. The van der Waals surface area contributed by atoms with E-state index in [4.69, 9.17) is 4.74 Å². The van der Waals surface area contributed by atoms with Gasteiger partial charge in [0.25, 0.3) is 11.7 Å². The Kier molecular flexibility index (Phi) is 5.73. The number of carbonyl (C=O) groups is 2. The van der Waals surface area contributed by atoms with Crippen LogP contribution in [0.25, 0.3) is 5.76 Å². The van der Waals surface area contributed by atoms with Crippen molar-refractivity contribution in [2.75, 3.05) is 7.11 Å². The summed E-state index contributed by atoms with van der Waals surface area (Å²) in [4.78, 5) is 36.3. The molecule has 1 aliphatic rings. The Balaban J connectivity index is 1.92. The number of rotatable bonds is 5. The highest BCUT2D eigenvalue weighted by Gasteiger charge is 2.47. The lowest BCUT2D eigenvalue weighted by atomic mass is 9.95. The molecule has 0 aliphatic carbocycles. The standard InChI is InChI=1S/C25H23N3O4/c1-15-12-16(2)24(32-3)18(13-15)22(29)20-21(19-9-5-7-11-27-19)28(25(31)23(20)30)14-17-8-4-6-10-26-17/h4-13,21,29H,14H2,1-3H3/b22-20+. The van der Waals surface area contributed by atoms with E-state index >= 15 is 0 Å². The third-order valence-electron chi connectivity index (χ3n) is 5.44. The first-order valence-electron chi connectivity index (χ1n) is 10.2. The zero-order valence-corrected chi connectivity index (χ0v) is 18.1. The molecule has 0 radical (unpaired) electrons. The number of aliphatic hydroxyl groups excluding tert-OH is 1. The van der Waals surface area contributed by atoms with Crippen molar-refractivity contribution in [3.05, 3.63) is 94.6 Å². The van der Waals surface area contributed by atoms with Gasteiger partial charge >= 0.3 is 0 Å². The van der Waals surface area contributed by atoms with Crippen LogP contribution in [0, 0.1) is 13.8 Å². The second-order valence-electron chi connectivity index (χ2n) is 7.67. The summed E-state index contributed by atoms with van der Waals surface area (Å²) in [5, 5.41) is 11.3. The number of aromatic nitrogens is 2. The van der Waals surface area contributed by atoms with Gasteiger partial charge in [-0.3, -0.25) is 19.6 Å². The number of methoxy groups -OCH3 is 1. The molecule has 7 nitrogen and oxygen atoms in total. The van der Waals surface area contributed by atoms with Crippen LogP contribution in [0.15, 0.2) is 66.5 Å². The summed E-state index contributed by atoms with van der Waals surface area (Å²) < 4.78 is 5.51. The lowest BCUT2D eigenvalue weighted by Crippen LogP contribution is -2.29. The fraction of sp³-hybridized carbons (Fsp3) is 0.200. The van der Waals surface area contributed by atoms with Crippen LogP contribution in [0.2, 0.25) is 0 Å². The molecule has 1 fully saturated rings. The Morgan fingerprint density at radius 2 is 1.78 bits per heavy atom. The largest absolute Gasteiger partial charge is 0.507 e. The van der Waals surface area contributed by atoms with Crippen molar-refractivity contribution >= 4 is 17.4 Å². The quantitative estimate of drug-likeness (QED) is 0.378. The van der Waals surface area contributed by atoms with Crippen LogP contribution in [0.3, 0.4) is 0 Å². The Morgan fingerprint density at radius 3 is 2.41 bits per heavy atom. The lowest BCUT2D eigenvalue weighted by Gasteiger charge is -2.24. The van der Waals surface area contributed by atoms with Crippen LogP contribution >= 0.6 is 0 Å². The maximum atomic E-state index is 13.2. The van der Waals surface area contributed by atoms with Crippen LogP contribution in [-0.4, -0.2) is 38.8 Å². The first-order valence-corrected chi connectivity index (χ1v) is 10.2. The summed E-state index contributed by atoms with van der Waals surface area (Å²) in [5.74, 6) is -1.32. The molecule has 1 N–H and O–H groups in total. The number of amides is 1. The van der Waals surface area contributed by atoms with E-state index < -0.39 is 17.7 Å². The van der Waals surface area contributed by atoms with E-state index in [1.54, 1.807) is 48.8 Å². The Labute approximate surface area is 186 Å². The molecular weight excluding hydrogens is 406 g/mol. The van der Waals surface area contributed by atoms with Gasteiger partial charge in [-0.1, -0.05) is 18.2 Å². The molecule has 7 heteroatoms. The molecule has 0 saturated carbocycles. The summed E-state index contributed by atoms with van der Waals surface area (Å²) in [6.07, 6.45) is 3.22. The summed E-state index contributed by atoms with van der Waals surface area (Å²) >= 11 is 0. The van der Waals surface area contributed by atoms with Crippen molar-refractivity contribution < 1.29 is 19.4 Å². The smallest absolute Gasteiger partial charge is 0.296 e. The zero-order valence-electron chi connectivity index (χ0n) is 18.1. The summed E-state index contributed by atoms with van der Waals surface area (Å²) in [5.41, 5.74) is 3.15. The van der Waals surface area contributed by atoms with Crippen molar-refractivity contribution in [3.8, 4) is 5.75 Å². The van der Waals surface area contributed by atoms with Crippen molar-refractivity contribution in [3.63, 3.8) is 0 Å². The lowest BCUT2D eigenvalue weighted by molar-refractivity contribution is -0.140. The van der Waals surface area contributed by atoms with Crippen LogP contribution in [0.1, 0.15) is 34.1 Å². The maximum Gasteiger partial charge on any atom is 0.296 e. The van der Waals surface area contributed by atoms with E-state index in [1.165, 1.54) is 12.0 Å². The van der Waals surface area contributed by atoms with Gasteiger partial charge in [-0.25, -0.2) is 0 Å². The number of pyridine rings is 2. The fourth-order valence-corrected chi connectivity index (χ4v) is 4.10. The SMILES string of the molecule is COc1c(C)cc(C)cc1/C(O)=C1\C(=O)C(=O)N(Cc2ccccn2)C1c1ccccn1. The highest BCUT2D eigenvalue weighted by molar-refractivity contribution is 6.46. The van der Waals surface area contributed by atoms with Crippen molar-refractivity contribution in [2.24, 2.45) is 0 Å². The third kappa shape index (κ3) is 3.73. The van der Waals surface area contributed by atoms with Gasteiger partial charge < -0.3 is 14.7 Å². The van der Waals surface area contributed by atoms with Crippen molar-refractivity contribution in [1.82, 2.24) is 14.9 Å². The van der Waals surface area contributed by atoms with Crippen LogP contribution in [-0.2, 0) is 16.1 Å². The Hall–Kier alpha value is -4.00. The Bertz CT molecular complexity index is 1210. The van der Waals surface area contributed by atoms with Gasteiger partial charge in [-0.15, -0.1) is 0 Å². The van der Waals surface area contributed by atoms with Crippen molar-refractivity contribution in [1.29, 1.82) is 0 Å². The topological polar surface area (TPSA) is 92.6 Å². The summed E-state index contributed by atoms with van der Waals surface area (Å²) in [7, 11) is 1.50. The average Bonchev–Trinajstić information content (AvgIpc) is 3.04. The highest BCUT2D eigenvalue weighted by Crippen LogP contribution is 2.41. The van der Waals surface area contributed by atoms with Gasteiger partial charge in [0.15, 0.2) is 0 Å². The van der Waals surface area contributed by atoms with Gasteiger partial charge in [0.1, 0.15) is 17.6 Å². The number of ether oxygens (including phenoxy) is 1. The molecule has 3 aromatic rings. The molecule has 1 aliphatic heterocycles. The minimum absolute atomic E-state index is 0.0204. The highest BCUT2D eigenvalue weighted by atomic mass is 16.5. The fourth-order valence-electron chi connectivity index (χ4n) is 4.10. The number of nitrogens with zero attached hydrogens (tertiary/aromatic N) is 3. The van der Waals surface area contributed by atoms with E-state index in [9.17, 15) is 14.7 Å². The molecule has 32 heavy (non-hydrogen) atoms. The predicted octanol–water partition coefficient (Wildman–Crippen LogP) is 3.72. The van der Waals surface area contributed by atoms with Gasteiger partial charge in [0, 0.05) is 12.4 Å². The molecule has 162 valence electrons. The zero-order chi connectivity index (χ0) is 22.8. The van der Waals surface area contributed by atoms with Gasteiger partial charge in [-0.05, 0) is 55.3 Å². The molecule has 1 amide bonds. The van der Waals surface area contributed by atoms with E-state index in [-0.39, 0.29) is 17.9 Å². The molecule has 4 rings (SSSR count). The number of carbonyl (C=O) groups excluding carboxylic acids is 2. The van der Waals surface area contributed by atoms with E-state index in [0.717, 1.165) is 11.1 Å². The first kappa shape index (κ1) is 21.2. The molecule has 1 aromatic carbocycles. The molecule has 1 unspecified atom stereocenters. The number of aryl methyl sites for hydroxylation is 2. The van der Waals surface area contributed by atoms with Crippen LogP contribution in [0.4, 0.5) is 0 Å². The van der Waals surface area contributed by atoms with Gasteiger partial charge in [-0.2, -0.15) is 0 Å². The number of aliphatic hydroxyl groups is 1. The van der Waals surface area contributed by atoms with E-state index in [2.05, 4.69) is 9.97 Å². The molecule has 1 atom stereocenters. The number of ketones is 1.